The van der Waals surface area contributed by atoms with Gasteiger partial charge in [-0.3, -0.25) is 4.79 Å². The summed E-state index contributed by atoms with van der Waals surface area (Å²) in [5.41, 5.74) is 4.84. The molecule has 0 aliphatic carbocycles. The van der Waals surface area contributed by atoms with Crippen LogP contribution in [-0.2, 0) is 9.59 Å². The lowest BCUT2D eigenvalue weighted by molar-refractivity contribution is -0.146. The Morgan fingerprint density at radius 2 is 1.75 bits per heavy atom. The molecule has 0 bridgehead atoms. The van der Waals surface area contributed by atoms with Gasteiger partial charge >= 0.3 is 12.0 Å². The van der Waals surface area contributed by atoms with Gasteiger partial charge in [0.05, 0.1) is 0 Å². The second kappa shape index (κ2) is 7.46. The first kappa shape index (κ1) is 14.2. The van der Waals surface area contributed by atoms with E-state index in [-0.39, 0.29) is 25.9 Å². The summed E-state index contributed by atoms with van der Waals surface area (Å²) in [6.07, 6.45) is -1.55. The van der Waals surface area contributed by atoms with E-state index in [1.807, 2.05) is 0 Å². The first-order valence-corrected chi connectivity index (χ1v) is 4.64. The highest BCUT2D eigenvalue weighted by Gasteiger charge is 2.12. The van der Waals surface area contributed by atoms with Gasteiger partial charge in [0.15, 0.2) is 6.10 Å². The Balaban J connectivity index is 3.51. The summed E-state index contributed by atoms with van der Waals surface area (Å²) in [4.78, 5) is 31.5. The van der Waals surface area contributed by atoms with Gasteiger partial charge in [0.2, 0.25) is 5.91 Å². The summed E-state index contributed by atoms with van der Waals surface area (Å²) in [6.45, 7) is 0.137. The molecule has 8 heteroatoms. The number of hydrogen-bond acceptors (Lipinski definition) is 4. The van der Waals surface area contributed by atoms with E-state index in [1.54, 1.807) is 0 Å². The van der Waals surface area contributed by atoms with Crippen LogP contribution in [0.15, 0.2) is 0 Å². The number of aliphatic hydroxyl groups excluding tert-OH is 1. The van der Waals surface area contributed by atoms with E-state index in [0.29, 0.717) is 0 Å². The van der Waals surface area contributed by atoms with Crippen molar-refractivity contribution in [2.45, 2.75) is 18.9 Å². The van der Waals surface area contributed by atoms with Crippen molar-refractivity contribution in [3.8, 4) is 0 Å². The standard InChI is InChI=1S/C8H15N3O5/c9-6(13)2-4-11-8(16)10-3-1-5(12)7(14)15/h5,12H,1-4H2,(H2,9,13)(H,14,15)(H2,10,11,16). The quantitative estimate of drug-likeness (QED) is 0.345. The molecule has 0 rings (SSSR count). The SMILES string of the molecule is NC(=O)CCNC(=O)NCCC(O)C(=O)O. The number of carbonyl (C=O) groups excluding carboxylic acids is 2. The first-order chi connectivity index (χ1) is 7.43. The number of carboxylic acids is 1. The highest BCUT2D eigenvalue weighted by molar-refractivity contribution is 5.77. The third kappa shape index (κ3) is 7.56. The van der Waals surface area contributed by atoms with Gasteiger partial charge in [-0.2, -0.15) is 0 Å². The van der Waals surface area contributed by atoms with Gasteiger partial charge in [0.1, 0.15) is 0 Å². The van der Waals surface area contributed by atoms with Crippen molar-refractivity contribution in [3.05, 3.63) is 0 Å². The number of primary amides is 1. The smallest absolute Gasteiger partial charge is 0.332 e. The molecule has 0 aromatic heterocycles. The van der Waals surface area contributed by atoms with Crippen LogP contribution in [0.2, 0.25) is 0 Å². The van der Waals surface area contributed by atoms with Gasteiger partial charge in [-0.1, -0.05) is 0 Å². The van der Waals surface area contributed by atoms with E-state index in [9.17, 15) is 14.4 Å². The van der Waals surface area contributed by atoms with E-state index in [0.717, 1.165) is 0 Å². The Morgan fingerprint density at radius 3 is 2.25 bits per heavy atom. The Bertz CT molecular complexity index is 268. The number of aliphatic carboxylic acids is 1. The second-order valence-electron chi connectivity index (χ2n) is 3.04. The average Bonchev–Trinajstić information content (AvgIpc) is 2.16. The normalized spacial score (nSPS) is 11.6. The molecule has 0 aliphatic rings. The van der Waals surface area contributed by atoms with Gasteiger partial charge in [0.25, 0.3) is 0 Å². The van der Waals surface area contributed by atoms with E-state index >= 15 is 0 Å². The molecule has 0 aromatic carbocycles. The molecule has 92 valence electrons. The van der Waals surface area contributed by atoms with Crippen LogP contribution < -0.4 is 16.4 Å². The Kier molecular flexibility index (Phi) is 6.61. The van der Waals surface area contributed by atoms with Crippen molar-refractivity contribution in [2.24, 2.45) is 5.73 Å². The number of carbonyl (C=O) groups is 3. The maximum atomic E-state index is 11.0. The van der Waals surface area contributed by atoms with Crippen LogP contribution in [-0.4, -0.2) is 47.3 Å². The minimum Gasteiger partial charge on any atom is -0.479 e. The Labute approximate surface area is 91.8 Å². The minimum atomic E-state index is -1.49. The van der Waals surface area contributed by atoms with Gasteiger partial charge in [0, 0.05) is 25.9 Å². The molecule has 0 aromatic rings. The van der Waals surface area contributed by atoms with E-state index in [4.69, 9.17) is 15.9 Å². The zero-order valence-corrected chi connectivity index (χ0v) is 8.60. The molecule has 16 heavy (non-hydrogen) atoms. The van der Waals surface area contributed by atoms with Crippen LogP contribution >= 0.6 is 0 Å². The number of urea groups is 1. The summed E-state index contributed by atoms with van der Waals surface area (Å²) in [5, 5.41) is 21.8. The van der Waals surface area contributed by atoms with Gasteiger partial charge in [-0.15, -0.1) is 0 Å². The zero-order chi connectivity index (χ0) is 12.6. The fraction of sp³-hybridized carbons (Fsp3) is 0.625. The molecular formula is C8H15N3O5. The van der Waals surface area contributed by atoms with Gasteiger partial charge < -0.3 is 26.6 Å². The monoisotopic (exact) mass is 233 g/mol. The molecular weight excluding hydrogens is 218 g/mol. The molecule has 1 unspecified atom stereocenters. The molecule has 0 radical (unpaired) electrons. The largest absolute Gasteiger partial charge is 0.479 e. The van der Waals surface area contributed by atoms with Crippen LogP contribution in [0, 0.1) is 0 Å². The topological polar surface area (TPSA) is 142 Å². The number of aliphatic hydroxyl groups is 1. The van der Waals surface area contributed by atoms with Crippen molar-refractivity contribution in [2.75, 3.05) is 13.1 Å². The molecule has 0 heterocycles. The average molecular weight is 233 g/mol. The molecule has 0 saturated heterocycles. The fourth-order valence-electron chi connectivity index (χ4n) is 0.808. The lowest BCUT2D eigenvalue weighted by atomic mass is 10.2. The van der Waals surface area contributed by atoms with Gasteiger partial charge in [-0.05, 0) is 0 Å². The predicted molar refractivity (Wildman–Crippen MR) is 53.5 cm³/mol. The molecule has 0 aliphatic heterocycles. The van der Waals surface area contributed by atoms with Crippen LogP contribution in [0.5, 0.6) is 0 Å². The lowest BCUT2D eigenvalue weighted by Gasteiger charge is -2.08. The third-order valence-corrected chi connectivity index (χ3v) is 1.65. The van der Waals surface area contributed by atoms with Crippen LogP contribution in [0.3, 0.4) is 0 Å². The predicted octanol–water partition coefficient (Wildman–Crippen LogP) is -2.00. The van der Waals surface area contributed by atoms with E-state index < -0.39 is 24.0 Å². The molecule has 0 saturated carbocycles. The van der Waals surface area contributed by atoms with Crippen molar-refractivity contribution in [1.29, 1.82) is 0 Å². The van der Waals surface area contributed by atoms with Crippen LogP contribution in [0.1, 0.15) is 12.8 Å². The molecule has 1 atom stereocenters. The van der Waals surface area contributed by atoms with Crippen molar-refractivity contribution in [3.63, 3.8) is 0 Å². The zero-order valence-electron chi connectivity index (χ0n) is 8.60. The molecule has 6 N–H and O–H groups in total. The highest BCUT2D eigenvalue weighted by Crippen LogP contribution is 1.88. The molecule has 0 fully saturated rings. The lowest BCUT2D eigenvalue weighted by Crippen LogP contribution is -2.39. The summed E-state index contributed by atoms with van der Waals surface area (Å²) >= 11 is 0. The van der Waals surface area contributed by atoms with Crippen molar-refractivity contribution >= 4 is 17.9 Å². The number of carboxylic acid groups (broad SMARTS) is 1. The summed E-state index contributed by atoms with van der Waals surface area (Å²) < 4.78 is 0. The maximum Gasteiger partial charge on any atom is 0.332 e. The Hall–Kier alpha value is -1.83. The van der Waals surface area contributed by atoms with Crippen molar-refractivity contribution in [1.82, 2.24) is 10.6 Å². The second-order valence-corrected chi connectivity index (χ2v) is 3.04. The first-order valence-electron chi connectivity index (χ1n) is 4.64. The van der Waals surface area contributed by atoms with Crippen LogP contribution in [0.4, 0.5) is 4.79 Å². The maximum absolute atomic E-state index is 11.0. The highest BCUT2D eigenvalue weighted by atomic mass is 16.4. The number of nitrogens with two attached hydrogens (primary N) is 1. The minimum absolute atomic E-state index is 0.0237. The molecule has 0 spiro atoms. The Morgan fingerprint density at radius 1 is 1.19 bits per heavy atom. The summed E-state index contributed by atoms with van der Waals surface area (Å²) in [6, 6.07) is -0.543. The van der Waals surface area contributed by atoms with E-state index in [2.05, 4.69) is 10.6 Å². The number of amides is 3. The number of hydrogen-bond donors (Lipinski definition) is 5. The summed E-state index contributed by atoms with van der Waals surface area (Å²) in [7, 11) is 0. The number of rotatable bonds is 7. The van der Waals surface area contributed by atoms with E-state index in [1.165, 1.54) is 0 Å². The number of nitrogens with one attached hydrogen (secondary N) is 2. The van der Waals surface area contributed by atoms with Crippen LogP contribution in [0.25, 0.3) is 0 Å². The summed E-state index contributed by atoms with van der Waals surface area (Å²) in [5.74, 6) is -1.86. The molecule has 3 amide bonds. The van der Waals surface area contributed by atoms with Crippen molar-refractivity contribution < 1.29 is 24.6 Å². The fourth-order valence-corrected chi connectivity index (χ4v) is 0.808. The third-order valence-electron chi connectivity index (χ3n) is 1.65. The van der Waals surface area contributed by atoms with Gasteiger partial charge in [-0.25, -0.2) is 9.59 Å². The molecule has 8 nitrogen and oxygen atoms in total.